The molecule has 0 fully saturated rings. The van der Waals surface area contributed by atoms with E-state index in [1.807, 2.05) is 0 Å². The number of amides is 2. The van der Waals surface area contributed by atoms with E-state index in [1.54, 1.807) is 62.4 Å². The third-order valence-corrected chi connectivity index (χ3v) is 6.22. The van der Waals surface area contributed by atoms with Crippen molar-refractivity contribution in [3.05, 3.63) is 59.1 Å². The van der Waals surface area contributed by atoms with Gasteiger partial charge in [0.2, 0.25) is 21.8 Å². The summed E-state index contributed by atoms with van der Waals surface area (Å²) in [5.41, 5.74) is 1.08. The van der Waals surface area contributed by atoms with Crippen LogP contribution in [0.5, 0.6) is 5.75 Å². The molecule has 0 aliphatic heterocycles. The number of likely N-dealkylation sites (N-methyl/N-ethyl adjacent to an activating group) is 1. The monoisotopic (exact) mass is 481 g/mol. The first-order chi connectivity index (χ1) is 15.1. The number of carbonyl (C=O) groups is 2. The van der Waals surface area contributed by atoms with E-state index in [-0.39, 0.29) is 12.5 Å². The van der Waals surface area contributed by atoms with Gasteiger partial charge in [0, 0.05) is 18.1 Å². The van der Waals surface area contributed by atoms with Crippen molar-refractivity contribution in [3.63, 3.8) is 0 Å². The molecule has 0 saturated carbocycles. The Kier molecular flexibility index (Phi) is 8.91. The van der Waals surface area contributed by atoms with E-state index in [9.17, 15) is 18.0 Å². The lowest BCUT2D eigenvalue weighted by Crippen LogP contribution is -2.51. The van der Waals surface area contributed by atoms with Crippen LogP contribution in [0.1, 0.15) is 19.4 Å². The summed E-state index contributed by atoms with van der Waals surface area (Å²) in [6.45, 7) is 3.46. The first kappa shape index (κ1) is 25.5. The Morgan fingerprint density at radius 1 is 1.09 bits per heavy atom. The molecule has 32 heavy (non-hydrogen) atoms. The molecule has 0 aliphatic rings. The minimum absolute atomic E-state index is 0.120. The third kappa shape index (κ3) is 6.86. The number of carbonyl (C=O) groups excluding carboxylic acids is 2. The van der Waals surface area contributed by atoms with Crippen LogP contribution < -0.4 is 14.4 Å². The van der Waals surface area contributed by atoms with E-state index in [4.69, 9.17) is 16.3 Å². The molecule has 0 saturated heterocycles. The van der Waals surface area contributed by atoms with E-state index >= 15 is 0 Å². The minimum atomic E-state index is -3.77. The van der Waals surface area contributed by atoms with Gasteiger partial charge in [-0.1, -0.05) is 23.7 Å². The van der Waals surface area contributed by atoms with Crippen molar-refractivity contribution in [2.24, 2.45) is 0 Å². The molecule has 0 heterocycles. The molecule has 0 aromatic heterocycles. The highest BCUT2D eigenvalue weighted by Gasteiger charge is 2.29. The summed E-state index contributed by atoms with van der Waals surface area (Å²) in [4.78, 5) is 27.1. The summed E-state index contributed by atoms with van der Waals surface area (Å²) in [7, 11) is -2.27. The van der Waals surface area contributed by atoms with Gasteiger partial charge in [0.15, 0.2) is 0 Å². The molecule has 0 bridgehead atoms. The average Bonchev–Trinajstić information content (AvgIpc) is 2.76. The van der Waals surface area contributed by atoms with Gasteiger partial charge in [-0.05, 0) is 55.8 Å². The normalized spacial score (nSPS) is 12.0. The number of hydrogen-bond donors (Lipinski definition) is 1. The second kappa shape index (κ2) is 11.2. The summed E-state index contributed by atoms with van der Waals surface area (Å²) in [5.74, 6) is -0.284. The van der Waals surface area contributed by atoms with Crippen LogP contribution in [0.3, 0.4) is 0 Å². The van der Waals surface area contributed by atoms with Gasteiger partial charge in [0.05, 0.1) is 19.1 Å². The molecule has 0 spiro atoms. The molecular formula is C22H28ClN3O5S. The number of halogens is 1. The Morgan fingerprint density at radius 2 is 1.69 bits per heavy atom. The van der Waals surface area contributed by atoms with E-state index in [1.165, 1.54) is 12.0 Å². The van der Waals surface area contributed by atoms with Crippen LogP contribution in [-0.4, -0.2) is 57.6 Å². The molecule has 2 rings (SSSR count). The number of nitrogens with zero attached hydrogens (tertiary/aromatic N) is 2. The van der Waals surface area contributed by atoms with Crippen LogP contribution in [0.25, 0.3) is 0 Å². The largest absolute Gasteiger partial charge is 0.497 e. The highest BCUT2D eigenvalue weighted by Crippen LogP contribution is 2.22. The fraction of sp³-hybridized carbons (Fsp3) is 0.364. The van der Waals surface area contributed by atoms with Gasteiger partial charge in [-0.2, -0.15) is 0 Å². The van der Waals surface area contributed by atoms with Gasteiger partial charge in [0.25, 0.3) is 0 Å². The lowest BCUT2D eigenvalue weighted by molar-refractivity contribution is -0.139. The van der Waals surface area contributed by atoms with Gasteiger partial charge in [0.1, 0.15) is 18.3 Å². The Bertz CT molecular complexity index is 1030. The zero-order valence-corrected chi connectivity index (χ0v) is 20.1. The van der Waals surface area contributed by atoms with Crippen LogP contribution in [0.4, 0.5) is 5.69 Å². The molecule has 2 aromatic rings. The van der Waals surface area contributed by atoms with Crippen molar-refractivity contribution >= 4 is 39.1 Å². The van der Waals surface area contributed by atoms with E-state index in [0.29, 0.717) is 23.0 Å². The maximum atomic E-state index is 13.3. The van der Waals surface area contributed by atoms with Crippen LogP contribution in [0, 0.1) is 0 Å². The summed E-state index contributed by atoms with van der Waals surface area (Å²) in [6.07, 6.45) is 1.03. The number of methoxy groups -OCH3 is 1. The molecular weight excluding hydrogens is 454 g/mol. The zero-order valence-electron chi connectivity index (χ0n) is 18.5. The minimum Gasteiger partial charge on any atom is -0.497 e. The number of sulfonamides is 1. The zero-order chi connectivity index (χ0) is 23.9. The van der Waals surface area contributed by atoms with Crippen LogP contribution in [0.15, 0.2) is 48.5 Å². The van der Waals surface area contributed by atoms with Crippen LogP contribution in [-0.2, 0) is 26.2 Å². The lowest BCUT2D eigenvalue weighted by Gasteiger charge is -2.31. The molecule has 2 amide bonds. The summed E-state index contributed by atoms with van der Waals surface area (Å²) in [6, 6.07) is 12.4. The van der Waals surface area contributed by atoms with E-state index in [2.05, 4.69) is 5.32 Å². The molecule has 0 aliphatic carbocycles. The Hall–Kier alpha value is -2.78. The first-order valence-corrected chi connectivity index (χ1v) is 12.2. The summed E-state index contributed by atoms with van der Waals surface area (Å²) >= 11 is 5.95. The summed E-state index contributed by atoms with van der Waals surface area (Å²) < 4.78 is 31.1. The Morgan fingerprint density at radius 3 is 2.19 bits per heavy atom. The topological polar surface area (TPSA) is 96.0 Å². The third-order valence-electron chi connectivity index (χ3n) is 4.82. The highest BCUT2D eigenvalue weighted by molar-refractivity contribution is 7.92. The second-order valence-corrected chi connectivity index (χ2v) is 9.53. The van der Waals surface area contributed by atoms with Gasteiger partial charge in [-0.25, -0.2) is 8.42 Å². The standard InChI is InChI=1S/C22H28ClN3O5S/c1-5-24-22(28)16(2)25(14-17-6-8-18(23)9-7-17)21(27)15-26(32(4,29)30)19-10-12-20(31-3)13-11-19/h6-13,16H,5,14-15H2,1-4H3,(H,24,28). The molecule has 1 atom stereocenters. The average molecular weight is 482 g/mol. The number of benzene rings is 2. The van der Waals surface area contributed by atoms with Crippen LogP contribution >= 0.6 is 11.6 Å². The SMILES string of the molecule is CCNC(=O)C(C)N(Cc1ccc(Cl)cc1)C(=O)CN(c1ccc(OC)cc1)S(C)(=O)=O. The van der Waals surface area contributed by atoms with E-state index in [0.717, 1.165) is 16.1 Å². The number of rotatable bonds is 10. The van der Waals surface area contributed by atoms with Crippen molar-refractivity contribution in [2.45, 2.75) is 26.4 Å². The van der Waals surface area contributed by atoms with Crippen molar-refractivity contribution in [1.82, 2.24) is 10.2 Å². The van der Waals surface area contributed by atoms with Gasteiger partial charge in [-0.3, -0.25) is 13.9 Å². The molecule has 8 nitrogen and oxygen atoms in total. The Balaban J connectivity index is 2.35. The van der Waals surface area contributed by atoms with Crippen LogP contribution in [0.2, 0.25) is 5.02 Å². The van der Waals surface area contributed by atoms with E-state index < -0.39 is 28.5 Å². The van der Waals surface area contributed by atoms with Crippen molar-refractivity contribution in [1.29, 1.82) is 0 Å². The van der Waals surface area contributed by atoms with Crippen molar-refractivity contribution in [2.75, 3.05) is 30.8 Å². The van der Waals surface area contributed by atoms with Gasteiger partial charge in [-0.15, -0.1) is 0 Å². The predicted octanol–water partition coefficient (Wildman–Crippen LogP) is 2.67. The lowest BCUT2D eigenvalue weighted by atomic mass is 10.1. The Labute approximate surface area is 194 Å². The first-order valence-electron chi connectivity index (χ1n) is 10.00. The number of ether oxygens (including phenoxy) is 1. The molecule has 1 unspecified atom stereocenters. The maximum absolute atomic E-state index is 13.3. The number of hydrogen-bond acceptors (Lipinski definition) is 5. The fourth-order valence-corrected chi connectivity index (χ4v) is 4.03. The van der Waals surface area contributed by atoms with Crippen molar-refractivity contribution in [3.8, 4) is 5.75 Å². The highest BCUT2D eigenvalue weighted by atomic mass is 35.5. The molecule has 10 heteroatoms. The van der Waals surface area contributed by atoms with Crippen molar-refractivity contribution < 1.29 is 22.7 Å². The fourth-order valence-electron chi connectivity index (χ4n) is 3.05. The summed E-state index contributed by atoms with van der Waals surface area (Å²) in [5, 5.41) is 3.25. The molecule has 174 valence electrons. The van der Waals surface area contributed by atoms with Gasteiger partial charge >= 0.3 is 0 Å². The molecule has 0 radical (unpaired) electrons. The molecule has 1 N–H and O–H groups in total. The number of nitrogens with one attached hydrogen (secondary N) is 1. The smallest absolute Gasteiger partial charge is 0.244 e. The second-order valence-electron chi connectivity index (χ2n) is 7.19. The maximum Gasteiger partial charge on any atom is 0.244 e. The molecule has 2 aromatic carbocycles. The predicted molar refractivity (Wildman–Crippen MR) is 125 cm³/mol. The van der Waals surface area contributed by atoms with Gasteiger partial charge < -0.3 is 15.0 Å². The number of anilines is 1. The quantitative estimate of drug-likeness (QED) is 0.562.